The zero-order valence-electron chi connectivity index (χ0n) is 9.14. The first-order chi connectivity index (χ1) is 8.33. The third-order valence-corrected chi connectivity index (χ3v) is 2.71. The lowest BCUT2D eigenvalue weighted by molar-refractivity contribution is 0.547. The van der Waals surface area contributed by atoms with Crippen LogP contribution in [0.3, 0.4) is 0 Å². The molecule has 1 N–H and O–H groups in total. The van der Waals surface area contributed by atoms with E-state index in [0.29, 0.717) is 23.2 Å². The SMILES string of the molecule is O=c1cc(Cc2ccc[nH]2)oc2ccccc12. The summed E-state index contributed by atoms with van der Waals surface area (Å²) in [5.41, 5.74) is 1.68. The standard InChI is InChI=1S/C14H11NO2/c16-13-9-11(8-10-4-3-7-15-10)17-14-6-2-1-5-12(13)14/h1-7,9,15H,8H2. The van der Waals surface area contributed by atoms with E-state index in [1.807, 2.05) is 36.5 Å². The highest BCUT2D eigenvalue weighted by atomic mass is 16.3. The number of para-hydroxylation sites is 1. The van der Waals surface area contributed by atoms with E-state index >= 15 is 0 Å². The molecule has 0 aliphatic carbocycles. The lowest BCUT2D eigenvalue weighted by Crippen LogP contribution is -2.02. The summed E-state index contributed by atoms with van der Waals surface area (Å²) in [4.78, 5) is 14.9. The van der Waals surface area contributed by atoms with E-state index < -0.39 is 0 Å². The number of H-pyrrole nitrogens is 1. The zero-order valence-corrected chi connectivity index (χ0v) is 9.14. The molecule has 84 valence electrons. The summed E-state index contributed by atoms with van der Waals surface area (Å²) in [5.74, 6) is 0.677. The van der Waals surface area contributed by atoms with Gasteiger partial charge in [0.15, 0.2) is 5.43 Å². The van der Waals surface area contributed by atoms with Crippen molar-refractivity contribution in [3.05, 3.63) is 70.3 Å². The number of rotatable bonds is 2. The van der Waals surface area contributed by atoms with Gasteiger partial charge in [0, 0.05) is 24.4 Å². The van der Waals surface area contributed by atoms with Gasteiger partial charge in [-0.15, -0.1) is 0 Å². The van der Waals surface area contributed by atoms with Crippen LogP contribution in [0.15, 0.2) is 57.9 Å². The molecule has 0 saturated carbocycles. The Morgan fingerprint density at radius 2 is 2.00 bits per heavy atom. The van der Waals surface area contributed by atoms with Crippen LogP contribution in [0.4, 0.5) is 0 Å². The Hall–Kier alpha value is -2.29. The number of aromatic nitrogens is 1. The molecule has 0 atom stereocenters. The van der Waals surface area contributed by atoms with Crippen LogP contribution in [-0.4, -0.2) is 4.98 Å². The summed E-state index contributed by atoms with van der Waals surface area (Å²) in [7, 11) is 0. The number of nitrogens with one attached hydrogen (secondary N) is 1. The van der Waals surface area contributed by atoms with Crippen molar-refractivity contribution < 1.29 is 4.42 Å². The van der Waals surface area contributed by atoms with Crippen LogP contribution in [0.2, 0.25) is 0 Å². The highest BCUT2D eigenvalue weighted by molar-refractivity contribution is 5.76. The van der Waals surface area contributed by atoms with E-state index in [2.05, 4.69) is 4.98 Å². The van der Waals surface area contributed by atoms with Crippen molar-refractivity contribution in [1.82, 2.24) is 4.98 Å². The fourth-order valence-electron chi connectivity index (χ4n) is 1.91. The van der Waals surface area contributed by atoms with Crippen LogP contribution in [0.25, 0.3) is 11.0 Å². The molecule has 2 aromatic heterocycles. The summed E-state index contributed by atoms with van der Waals surface area (Å²) < 4.78 is 5.70. The normalized spacial score (nSPS) is 10.8. The predicted octanol–water partition coefficient (Wildman–Crippen LogP) is 2.71. The van der Waals surface area contributed by atoms with Crippen molar-refractivity contribution in [1.29, 1.82) is 0 Å². The Labute approximate surface area is 97.7 Å². The van der Waals surface area contributed by atoms with Gasteiger partial charge in [-0.1, -0.05) is 12.1 Å². The van der Waals surface area contributed by atoms with Gasteiger partial charge in [-0.05, 0) is 24.3 Å². The van der Waals surface area contributed by atoms with E-state index in [9.17, 15) is 4.79 Å². The smallest absolute Gasteiger partial charge is 0.192 e. The highest BCUT2D eigenvalue weighted by Gasteiger charge is 2.05. The molecule has 0 aliphatic heterocycles. The van der Waals surface area contributed by atoms with Crippen LogP contribution in [0, 0.1) is 0 Å². The minimum atomic E-state index is 0.00778. The van der Waals surface area contributed by atoms with E-state index in [1.54, 1.807) is 12.1 Å². The van der Waals surface area contributed by atoms with Crippen molar-refractivity contribution in [2.24, 2.45) is 0 Å². The van der Waals surface area contributed by atoms with Crippen LogP contribution < -0.4 is 5.43 Å². The molecule has 0 amide bonds. The Kier molecular flexibility index (Phi) is 2.29. The third kappa shape index (κ3) is 1.87. The second-order valence-electron chi connectivity index (χ2n) is 3.95. The average Bonchev–Trinajstić information content (AvgIpc) is 2.82. The van der Waals surface area contributed by atoms with Gasteiger partial charge >= 0.3 is 0 Å². The van der Waals surface area contributed by atoms with Crippen molar-refractivity contribution in [2.45, 2.75) is 6.42 Å². The molecule has 0 fully saturated rings. The topological polar surface area (TPSA) is 46.0 Å². The molecule has 0 bridgehead atoms. The Morgan fingerprint density at radius 1 is 1.12 bits per heavy atom. The van der Waals surface area contributed by atoms with E-state index in [4.69, 9.17) is 4.42 Å². The van der Waals surface area contributed by atoms with Crippen molar-refractivity contribution in [3.63, 3.8) is 0 Å². The van der Waals surface area contributed by atoms with Gasteiger partial charge in [-0.25, -0.2) is 0 Å². The first-order valence-corrected chi connectivity index (χ1v) is 5.47. The van der Waals surface area contributed by atoms with Crippen LogP contribution in [0.1, 0.15) is 11.5 Å². The molecule has 0 saturated heterocycles. The fourth-order valence-corrected chi connectivity index (χ4v) is 1.91. The molecule has 3 nitrogen and oxygen atoms in total. The van der Waals surface area contributed by atoms with E-state index in [0.717, 1.165) is 5.69 Å². The summed E-state index contributed by atoms with van der Waals surface area (Å²) in [5, 5.41) is 0.628. The van der Waals surface area contributed by atoms with Gasteiger partial charge in [0.25, 0.3) is 0 Å². The fraction of sp³-hybridized carbons (Fsp3) is 0.0714. The molecule has 17 heavy (non-hydrogen) atoms. The Morgan fingerprint density at radius 3 is 2.82 bits per heavy atom. The largest absolute Gasteiger partial charge is 0.460 e. The maximum Gasteiger partial charge on any atom is 0.192 e. The maximum absolute atomic E-state index is 11.9. The predicted molar refractivity (Wildman–Crippen MR) is 66.1 cm³/mol. The monoisotopic (exact) mass is 225 g/mol. The Balaban J connectivity index is 2.10. The van der Waals surface area contributed by atoms with Crippen molar-refractivity contribution >= 4 is 11.0 Å². The van der Waals surface area contributed by atoms with Gasteiger partial charge in [0.05, 0.1) is 5.39 Å². The lowest BCUT2D eigenvalue weighted by Gasteiger charge is -2.01. The molecular formula is C14H11NO2. The quantitative estimate of drug-likeness (QED) is 0.728. The summed E-state index contributed by atoms with van der Waals surface area (Å²) in [6.45, 7) is 0. The lowest BCUT2D eigenvalue weighted by atomic mass is 10.2. The molecule has 0 unspecified atom stereocenters. The van der Waals surface area contributed by atoms with Gasteiger partial charge in [0.2, 0.25) is 0 Å². The molecule has 1 aromatic carbocycles. The number of benzene rings is 1. The summed E-state index contributed by atoms with van der Waals surface area (Å²) in [6, 6.07) is 12.7. The molecule has 0 radical (unpaired) electrons. The molecule has 0 aliphatic rings. The molecular weight excluding hydrogens is 214 g/mol. The first kappa shape index (κ1) is 9.90. The van der Waals surface area contributed by atoms with E-state index in [1.165, 1.54) is 0 Å². The minimum absolute atomic E-state index is 0.00778. The van der Waals surface area contributed by atoms with Gasteiger partial charge in [0.1, 0.15) is 11.3 Å². The van der Waals surface area contributed by atoms with Crippen LogP contribution in [-0.2, 0) is 6.42 Å². The zero-order chi connectivity index (χ0) is 11.7. The second kappa shape index (κ2) is 3.94. The minimum Gasteiger partial charge on any atom is -0.460 e. The number of hydrogen-bond donors (Lipinski definition) is 1. The second-order valence-corrected chi connectivity index (χ2v) is 3.95. The van der Waals surface area contributed by atoms with E-state index in [-0.39, 0.29) is 5.43 Å². The molecule has 0 spiro atoms. The molecule has 3 rings (SSSR count). The number of hydrogen-bond acceptors (Lipinski definition) is 2. The Bertz CT molecular complexity index is 696. The van der Waals surface area contributed by atoms with Crippen molar-refractivity contribution in [2.75, 3.05) is 0 Å². The first-order valence-electron chi connectivity index (χ1n) is 5.47. The van der Waals surface area contributed by atoms with Crippen LogP contribution in [0.5, 0.6) is 0 Å². The van der Waals surface area contributed by atoms with Gasteiger partial charge in [-0.2, -0.15) is 0 Å². The summed E-state index contributed by atoms with van der Waals surface area (Å²) in [6.07, 6.45) is 2.46. The third-order valence-electron chi connectivity index (χ3n) is 2.71. The van der Waals surface area contributed by atoms with Gasteiger partial charge in [-0.3, -0.25) is 4.79 Å². The molecule has 3 aromatic rings. The van der Waals surface area contributed by atoms with Gasteiger partial charge < -0.3 is 9.40 Å². The number of fused-ring (bicyclic) bond motifs is 1. The van der Waals surface area contributed by atoms with Crippen LogP contribution >= 0.6 is 0 Å². The van der Waals surface area contributed by atoms with Crippen molar-refractivity contribution in [3.8, 4) is 0 Å². The number of aromatic amines is 1. The summed E-state index contributed by atoms with van der Waals surface area (Å²) >= 11 is 0. The maximum atomic E-state index is 11.9. The molecule has 2 heterocycles. The molecule has 3 heteroatoms. The highest BCUT2D eigenvalue weighted by Crippen LogP contribution is 2.13. The average molecular weight is 225 g/mol.